The van der Waals surface area contributed by atoms with E-state index in [0.29, 0.717) is 12.2 Å². The zero-order valence-corrected chi connectivity index (χ0v) is 17.5. The normalized spacial score (nSPS) is 10.4. The fraction of sp³-hybridized carbons (Fsp3) is 0.417. The van der Waals surface area contributed by atoms with Crippen molar-refractivity contribution in [3.8, 4) is 0 Å². The highest BCUT2D eigenvalue weighted by Crippen LogP contribution is 2.16. The molecule has 0 aliphatic heterocycles. The smallest absolute Gasteiger partial charge is 0.325 e. The van der Waals surface area contributed by atoms with Crippen molar-refractivity contribution in [1.82, 2.24) is 0 Å². The standard InChI is InChI=1S/C24H32N2O3/c1-3-4-5-6-7-10-17-29-23(27)18-25-21-15-13-20(14-16-21)24(28)26-22-12-9-8-11-19(22)2/h8-9,11-16,25H,3-7,10,17-18H2,1-2H3,(H,26,28). The Morgan fingerprint density at radius 1 is 0.897 bits per heavy atom. The molecule has 0 atom stereocenters. The van der Waals surface area contributed by atoms with Crippen LogP contribution >= 0.6 is 0 Å². The van der Waals surface area contributed by atoms with E-state index in [1.165, 1.54) is 25.7 Å². The number of esters is 1. The predicted molar refractivity (Wildman–Crippen MR) is 118 cm³/mol. The van der Waals surface area contributed by atoms with Gasteiger partial charge in [-0.15, -0.1) is 0 Å². The second-order valence-electron chi connectivity index (χ2n) is 7.19. The summed E-state index contributed by atoms with van der Waals surface area (Å²) in [7, 11) is 0. The zero-order valence-electron chi connectivity index (χ0n) is 17.5. The van der Waals surface area contributed by atoms with Crippen molar-refractivity contribution in [3.05, 3.63) is 59.7 Å². The van der Waals surface area contributed by atoms with Crippen LogP contribution in [0.5, 0.6) is 0 Å². The van der Waals surface area contributed by atoms with Gasteiger partial charge in [0.1, 0.15) is 6.54 Å². The van der Waals surface area contributed by atoms with Gasteiger partial charge in [-0.1, -0.05) is 57.2 Å². The summed E-state index contributed by atoms with van der Waals surface area (Å²) < 4.78 is 5.24. The zero-order chi connectivity index (χ0) is 20.9. The van der Waals surface area contributed by atoms with Gasteiger partial charge in [0.05, 0.1) is 6.61 Å². The molecule has 156 valence electrons. The highest BCUT2D eigenvalue weighted by Gasteiger charge is 2.08. The van der Waals surface area contributed by atoms with Crippen LogP contribution in [0.25, 0.3) is 0 Å². The molecule has 2 rings (SSSR count). The van der Waals surface area contributed by atoms with Gasteiger partial charge in [0, 0.05) is 16.9 Å². The molecule has 2 aromatic rings. The number of unbranched alkanes of at least 4 members (excludes halogenated alkanes) is 5. The van der Waals surface area contributed by atoms with Crippen LogP contribution in [0, 0.1) is 6.92 Å². The summed E-state index contributed by atoms with van der Waals surface area (Å²) in [5.41, 5.74) is 3.14. The van der Waals surface area contributed by atoms with Crippen molar-refractivity contribution in [2.75, 3.05) is 23.8 Å². The molecule has 0 fully saturated rings. The first-order chi connectivity index (χ1) is 14.1. The van der Waals surface area contributed by atoms with Crippen molar-refractivity contribution >= 4 is 23.3 Å². The van der Waals surface area contributed by atoms with Crippen LogP contribution in [0.3, 0.4) is 0 Å². The molecule has 0 aromatic heterocycles. The van der Waals surface area contributed by atoms with Gasteiger partial charge in [0.25, 0.3) is 5.91 Å². The lowest BCUT2D eigenvalue weighted by atomic mass is 10.1. The highest BCUT2D eigenvalue weighted by molar-refractivity contribution is 6.04. The number of rotatable bonds is 12. The summed E-state index contributed by atoms with van der Waals surface area (Å²) in [6.07, 6.45) is 6.99. The molecule has 0 spiro atoms. The van der Waals surface area contributed by atoms with Gasteiger partial charge in [0.15, 0.2) is 0 Å². The largest absolute Gasteiger partial charge is 0.464 e. The van der Waals surface area contributed by atoms with Crippen molar-refractivity contribution in [1.29, 1.82) is 0 Å². The van der Waals surface area contributed by atoms with Crippen molar-refractivity contribution in [3.63, 3.8) is 0 Å². The Labute approximate surface area is 173 Å². The van der Waals surface area contributed by atoms with Gasteiger partial charge < -0.3 is 15.4 Å². The Kier molecular flexibility index (Phi) is 9.76. The van der Waals surface area contributed by atoms with Crippen molar-refractivity contribution < 1.29 is 14.3 Å². The predicted octanol–water partition coefficient (Wildman–Crippen LogP) is 5.56. The van der Waals surface area contributed by atoms with Crippen LogP contribution in [-0.4, -0.2) is 25.0 Å². The highest BCUT2D eigenvalue weighted by atomic mass is 16.5. The Hall–Kier alpha value is -2.82. The minimum Gasteiger partial charge on any atom is -0.464 e. The molecule has 29 heavy (non-hydrogen) atoms. The van der Waals surface area contributed by atoms with E-state index in [-0.39, 0.29) is 18.4 Å². The summed E-state index contributed by atoms with van der Waals surface area (Å²) in [5.74, 6) is -0.427. The van der Waals surface area contributed by atoms with Gasteiger partial charge in [-0.2, -0.15) is 0 Å². The van der Waals surface area contributed by atoms with E-state index in [1.807, 2.05) is 31.2 Å². The lowest BCUT2D eigenvalue weighted by Gasteiger charge is -2.10. The summed E-state index contributed by atoms with van der Waals surface area (Å²) in [4.78, 5) is 24.2. The lowest BCUT2D eigenvalue weighted by Crippen LogP contribution is -2.17. The van der Waals surface area contributed by atoms with E-state index in [0.717, 1.165) is 29.8 Å². The van der Waals surface area contributed by atoms with E-state index in [2.05, 4.69) is 17.6 Å². The molecule has 2 aromatic carbocycles. The van der Waals surface area contributed by atoms with Crippen LogP contribution in [0.2, 0.25) is 0 Å². The van der Waals surface area contributed by atoms with Gasteiger partial charge in [-0.3, -0.25) is 9.59 Å². The molecule has 0 radical (unpaired) electrons. The third-order valence-electron chi connectivity index (χ3n) is 4.74. The quantitative estimate of drug-likeness (QED) is 0.364. The number of ether oxygens (including phenoxy) is 1. The molecule has 0 unspecified atom stereocenters. The van der Waals surface area contributed by atoms with Crippen LogP contribution in [0.15, 0.2) is 48.5 Å². The number of amides is 1. The molecular formula is C24H32N2O3. The Balaban J connectivity index is 1.68. The molecule has 0 saturated carbocycles. The number of carbonyl (C=O) groups excluding carboxylic acids is 2. The van der Waals surface area contributed by atoms with Gasteiger partial charge in [-0.05, 0) is 49.2 Å². The van der Waals surface area contributed by atoms with E-state index < -0.39 is 0 Å². The monoisotopic (exact) mass is 396 g/mol. The molecule has 0 heterocycles. The fourth-order valence-corrected chi connectivity index (χ4v) is 2.94. The van der Waals surface area contributed by atoms with E-state index in [9.17, 15) is 9.59 Å². The van der Waals surface area contributed by atoms with Crippen LogP contribution in [-0.2, 0) is 9.53 Å². The molecule has 0 saturated heterocycles. The third-order valence-corrected chi connectivity index (χ3v) is 4.74. The van der Waals surface area contributed by atoms with Gasteiger partial charge in [0.2, 0.25) is 0 Å². The number of para-hydroxylation sites is 1. The van der Waals surface area contributed by atoms with Gasteiger partial charge >= 0.3 is 5.97 Å². The maximum atomic E-state index is 12.4. The number of hydrogen-bond acceptors (Lipinski definition) is 4. The third kappa shape index (κ3) is 8.38. The van der Waals surface area contributed by atoms with Crippen LogP contribution in [0.4, 0.5) is 11.4 Å². The summed E-state index contributed by atoms with van der Waals surface area (Å²) >= 11 is 0. The lowest BCUT2D eigenvalue weighted by molar-refractivity contribution is -0.141. The molecule has 5 nitrogen and oxygen atoms in total. The number of nitrogens with one attached hydrogen (secondary N) is 2. The molecule has 0 aliphatic carbocycles. The molecule has 0 bridgehead atoms. The van der Waals surface area contributed by atoms with Gasteiger partial charge in [-0.25, -0.2) is 0 Å². The molecular weight excluding hydrogens is 364 g/mol. The average Bonchev–Trinajstić information content (AvgIpc) is 2.73. The topological polar surface area (TPSA) is 67.4 Å². The molecule has 5 heteroatoms. The summed E-state index contributed by atoms with van der Waals surface area (Å²) in [6.45, 7) is 4.74. The van der Waals surface area contributed by atoms with Crippen molar-refractivity contribution in [2.24, 2.45) is 0 Å². The van der Waals surface area contributed by atoms with Crippen molar-refractivity contribution in [2.45, 2.75) is 52.4 Å². The first kappa shape index (κ1) is 22.5. The number of aryl methyl sites for hydroxylation is 1. The number of benzene rings is 2. The minimum atomic E-state index is -0.264. The van der Waals surface area contributed by atoms with Crippen LogP contribution < -0.4 is 10.6 Å². The average molecular weight is 397 g/mol. The summed E-state index contributed by atoms with van der Waals surface area (Å²) in [6, 6.07) is 14.7. The first-order valence-corrected chi connectivity index (χ1v) is 10.5. The number of carbonyl (C=O) groups is 2. The fourth-order valence-electron chi connectivity index (χ4n) is 2.94. The Morgan fingerprint density at radius 2 is 1.59 bits per heavy atom. The Morgan fingerprint density at radius 3 is 2.31 bits per heavy atom. The molecule has 0 aliphatic rings. The van der Waals surface area contributed by atoms with E-state index in [4.69, 9.17) is 4.74 Å². The maximum absolute atomic E-state index is 12.4. The maximum Gasteiger partial charge on any atom is 0.325 e. The molecule has 1 amide bonds. The van der Waals surface area contributed by atoms with E-state index >= 15 is 0 Å². The molecule has 2 N–H and O–H groups in total. The summed E-state index contributed by atoms with van der Waals surface area (Å²) in [5, 5.41) is 5.94. The van der Waals surface area contributed by atoms with E-state index in [1.54, 1.807) is 24.3 Å². The Bertz CT molecular complexity index is 772. The number of anilines is 2. The SMILES string of the molecule is CCCCCCCCOC(=O)CNc1ccc(C(=O)Nc2ccccc2C)cc1. The first-order valence-electron chi connectivity index (χ1n) is 10.5. The second kappa shape index (κ2) is 12.6. The minimum absolute atomic E-state index is 0.116. The second-order valence-corrected chi connectivity index (χ2v) is 7.19. The van der Waals surface area contributed by atoms with Crippen LogP contribution in [0.1, 0.15) is 61.4 Å². The number of hydrogen-bond donors (Lipinski definition) is 2.